The molecule has 1 fully saturated rings. The van der Waals surface area contributed by atoms with Crippen LogP contribution in [0.1, 0.15) is 40.7 Å². The van der Waals surface area contributed by atoms with Crippen molar-refractivity contribution in [3.05, 3.63) is 88.9 Å². The van der Waals surface area contributed by atoms with Gasteiger partial charge in [-0.25, -0.2) is 13.8 Å². The minimum absolute atomic E-state index is 0.00470. The quantitative estimate of drug-likeness (QED) is 0.658. The van der Waals surface area contributed by atoms with Crippen molar-refractivity contribution in [3.8, 4) is 0 Å². The van der Waals surface area contributed by atoms with Crippen molar-refractivity contribution < 1.29 is 22.7 Å². The van der Waals surface area contributed by atoms with Gasteiger partial charge in [0.25, 0.3) is 11.8 Å². The van der Waals surface area contributed by atoms with Crippen LogP contribution in [0.2, 0.25) is 0 Å². The van der Waals surface area contributed by atoms with Gasteiger partial charge in [0, 0.05) is 54.7 Å². The Balaban J connectivity index is 1.41. The number of hydrogen-bond acceptors (Lipinski definition) is 4. The standard InChI is InChI=1S/C26H24F3N3O2/c27-23-6-5-18(15-31-23)22-13-19(11-20-12-21(14-30)34-24(20)22)16-1-3-17(4-2-16)25(33)32-9-7-26(28,29)8-10-32/h1-6,12-13,15,20H,7-11,14,30H2. The lowest BCUT2D eigenvalue weighted by Crippen LogP contribution is -2.42. The van der Waals surface area contributed by atoms with Crippen LogP contribution in [0, 0.1) is 11.9 Å². The number of ether oxygens (including phenoxy) is 1. The molecule has 1 aromatic carbocycles. The number of nitrogens with zero attached hydrogens (tertiary/aromatic N) is 2. The summed E-state index contributed by atoms with van der Waals surface area (Å²) in [4.78, 5) is 18.0. The van der Waals surface area contributed by atoms with Crippen molar-refractivity contribution in [1.29, 1.82) is 0 Å². The largest absolute Gasteiger partial charge is 0.464 e. The number of carbonyl (C=O) groups excluding carboxylic acids is 1. The molecule has 2 N–H and O–H groups in total. The number of pyridine rings is 1. The second-order valence-electron chi connectivity index (χ2n) is 8.79. The van der Waals surface area contributed by atoms with Crippen LogP contribution in [0.5, 0.6) is 0 Å². The highest BCUT2D eigenvalue weighted by Gasteiger charge is 2.36. The molecule has 0 saturated carbocycles. The molecule has 34 heavy (non-hydrogen) atoms. The third-order valence-electron chi connectivity index (χ3n) is 6.51. The zero-order chi connectivity index (χ0) is 23.9. The molecule has 5 nitrogen and oxygen atoms in total. The summed E-state index contributed by atoms with van der Waals surface area (Å²) in [6, 6.07) is 10.2. The van der Waals surface area contributed by atoms with Crippen LogP contribution in [-0.4, -0.2) is 41.3 Å². The number of piperidine rings is 1. The Morgan fingerprint density at radius 1 is 1.12 bits per heavy atom. The van der Waals surface area contributed by atoms with Gasteiger partial charge in [-0.1, -0.05) is 12.1 Å². The van der Waals surface area contributed by atoms with E-state index in [0.717, 1.165) is 28.0 Å². The van der Waals surface area contributed by atoms with E-state index in [-0.39, 0.29) is 44.3 Å². The third-order valence-corrected chi connectivity index (χ3v) is 6.51. The van der Waals surface area contributed by atoms with Crippen molar-refractivity contribution in [2.45, 2.75) is 25.2 Å². The molecule has 0 bridgehead atoms. The first-order chi connectivity index (χ1) is 16.3. The maximum absolute atomic E-state index is 13.4. The molecule has 0 spiro atoms. The molecule has 1 aliphatic carbocycles. The first-order valence-corrected chi connectivity index (χ1v) is 11.3. The number of halogens is 3. The highest BCUT2D eigenvalue weighted by molar-refractivity contribution is 5.95. The lowest BCUT2D eigenvalue weighted by molar-refractivity contribution is -0.0494. The second kappa shape index (κ2) is 8.76. The fraction of sp³-hybridized carbons (Fsp3) is 0.308. The topological polar surface area (TPSA) is 68.5 Å². The first kappa shape index (κ1) is 22.4. The Kier molecular flexibility index (Phi) is 5.77. The van der Waals surface area contributed by atoms with Gasteiger partial charge in [0.15, 0.2) is 0 Å². The number of benzene rings is 1. The van der Waals surface area contributed by atoms with Crippen LogP contribution in [0.3, 0.4) is 0 Å². The van der Waals surface area contributed by atoms with Crippen molar-refractivity contribution in [3.63, 3.8) is 0 Å². The molecule has 2 aromatic rings. The molecule has 0 radical (unpaired) electrons. The number of fused-ring (bicyclic) bond motifs is 1. The summed E-state index contributed by atoms with van der Waals surface area (Å²) >= 11 is 0. The molecule has 1 amide bonds. The normalized spacial score (nSPS) is 21.5. The van der Waals surface area contributed by atoms with E-state index in [0.29, 0.717) is 17.7 Å². The Labute approximate surface area is 195 Å². The molecule has 1 unspecified atom stereocenters. The minimum atomic E-state index is -2.69. The molecule has 5 rings (SSSR count). The average Bonchev–Trinajstić information content (AvgIpc) is 3.27. The van der Waals surface area contributed by atoms with Crippen LogP contribution < -0.4 is 5.73 Å². The molecule has 3 aliphatic rings. The molecule has 176 valence electrons. The van der Waals surface area contributed by atoms with Crippen LogP contribution in [0.15, 0.2) is 66.3 Å². The molecule has 1 atom stereocenters. The molecule has 2 aliphatic heterocycles. The van der Waals surface area contributed by atoms with E-state index in [4.69, 9.17) is 10.5 Å². The Morgan fingerprint density at radius 3 is 2.47 bits per heavy atom. The summed E-state index contributed by atoms with van der Waals surface area (Å²) in [5, 5.41) is 0. The lowest BCUT2D eigenvalue weighted by atomic mass is 9.83. The van der Waals surface area contributed by atoms with Gasteiger partial charge in [0.2, 0.25) is 5.95 Å². The van der Waals surface area contributed by atoms with Gasteiger partial charge in [-0.2, -0.15) is 4.39 Å². The van der Waals surface area contributed by atoms with E-state index in [2.05, 4.69) is 4.98 Å². The molecule has 3 heterocycles. The minimum Gasteiger partial charge on any atom is -0.464 e. The predicted octanol–water partition coefficient (Wildman–Crippen LogP) is 4.78. The maximum Gasteiger partial charge on any atom is 0.253 e. The summed E-state index contributed by atoms with van der Waals surface area (Å²) < 4.78 is 46.2. The fourth-order valence-electron chi connectivity index (χ4n) is 4.62. The van der Waals surface area contributed by atoms with Crippen LogP contribution in [0.25, 0.3) is 11.1 Å². The smallest absolute Gasteiger partial charge is 0.253 e. The van der Waals surface area contributed by atoms with Gasteiger partial charge in [-0.3, -0.25) is 4.79 Å². The molecule has 1 aromatic heterocycles. The second-order valence-corrected chi connectivity index (χ2v) is 8.79. The fourth-order valence-corrected chi connectivity index (χ4v) is 4.62. The van der Waals surface area contributed by atoms with Gasteiger partial charge in [-0.15, -0.1) is 0 Å². The number of alkyl halides is 2. The maximum atomic E-state index is 13.4. The van der Waals surface area contributed by atoms with E-state index < -0.39 is 11.9 Å². The summed E-state index contributed by atoms with van der Waals surface area (Å²) in [6.07, 6.45) is 5.55. The van der Waals surface area contributed by atoms with E-state index in [1.165, 1.54) is 17.2 Å². The summed E-state index contributed by atoms with van der Waals surface area (Å²) in [6.45, 7) is 0.390. The van der Waals surface area contributed by atoms with Crippen LogP contribution in [0.4, 0.5) is 13.2 Å². The van der Waals surface area contributed by atoms with Gasteiger partial charge in [-0.05, 0) is 54.0 Å². The Hall–Kier alpha value is -3.39. The van der Waals surface area contributed by atoms with Gasteiger partial charge >= 0.3 is 0 Å². The van der Waals surface area contributed by atoms with Crippen LogP contribution in [-0.2, 0) is 4.74 Å². The average molecular weight is 467 g/mol. The van der Waals surface area contributed by atoms with Crippen molar-refractivity contribution >= 4 is 17.1 Å². The van der Waals surface area contributed by atoms with E-state index >= 15 is 0 Å². The van der Waals surface area contributed by atoms with Gasteiger partial charge < -0.3 is 15.4 Å². The van der Waals surface area contributed by atoms with Gasteiger partial charge in [0.1, 0.15) is 11.5 Å². The molecular weight excluding hydrogens is 443 g/mol. The van der Waals surface area contributed by atoms with Crippen molar-refractivity contribution in [2.75, 3.05) is 19.6 Å². The number of rotatable bonds is 4. The van der Waals surface area contributed by atoms with Gasteiger partial charge in [0.05, 0.1) is 6.54 Å². The summed E-state index contributed by atoms with van der Waals surface area (Å²) in [7, 11) is 0. The van der Waals surface area contributed by atoms with E-state index in [9.17, 15) is 18.0 Å². The zero-order valence-electron chi connectivity index (χ0n) is 18.4. The predicted molar refractivity (Wildman–Crippen MR) is 122 cm³/mol. The monoisotopic (exact) mass is 467 g/mol. The molecular formula is C26H24F3N3O2. The van der Waals surface area contributed by atoms with Crippen LogP contribution >= 0.6 is 0 Å². The first-order valence-electron chi connectivity index (χ1n) is 11.3. The highest BCUT2D eigenvalue weighted by atomic mass is 19.3. The number of aromatic nitrogens is 1. The van der Waals surface area contributed by atoms with Crippen molar-refractivity contribution in [2.24, 2.45) is 11.7 Å². The highest BCUT2D eigenvalue weighted by Crippen LogP contribution is 2.44. The SMILES string of the molecule is NCC1=CC2CC(c3ccc(C(=O)N4CCC(F)(F)CC4)cc3)=CC(c3ccc(F)nc3)=C2O1. The summed E-state index contributed by atoms with van der Waals surface area (Å²) in [5.74, 6) is -2.03. The van der Waals surface area contributed by atoms with E-state index in [1.807, 2.05) is 24.3 Å². The van der Waals surface area contributed by atoms with Crippen molar-refractivity contribution in [1.82, 2.24) is 9.88 Å². The third kappa shape index (κ3) is 4.37. The number of hydrogen-bond donors (Lipinski definition) is 1. The zero-order valence-corrected chi connectivity index (χ0v) is 18.4. The lowest BCUT2D eigenvalue weighted by Gasteiger charge is -2.31. The number of likely N-dealkylation sites (tertiary alicyclic amines) is 1. The molecule has 1 saturated heterocycles. The number of amides is 1. The number of allylic oxidation sites excluding steroid dienone is 4. The Morgan fingerprint density at radius 2 is 1.82 bits per heavy atom. The van der Waals surface area contributed by atoms with E-state index in [1.54, 1.807) is 18.2 Å². The Bertz CT molecular complexity index is 1190. The number of carbonyl (C=O) groups is 1. The molecule has 8 heteroatoms. The number of nitrogens with two attached hydrogens (primary N) is 1. The summed E-state index contributed by atoms with van der Waals surface area (Å²) in [5.41, 5.74) is 9.77.